The molecule has 0 atom stereocenters. The Bertz CT molecular complexity index is 798. The lowest BCUT2D eigenvalue weighted by Gasteiger charge is -2.09. The van der Waals surface area contributed by atoms with Gasteiger partial charge in [-0.05, 0) is 12.0 Å². The number of halogens is 3. The quantitative estimate of drug-likeness (QED) is 0.724. The van der Waals surface area contributed by atoms with Gasteiger partial charge in [0.05, 0.1) is 13.2 Å². The molecule has 0 bridgehead atoms. The van der Waals surface area contributed by atoms with Gasteiger partial charge in [-0.2, -0.15) is 23.1 Å². The van der Waals surface area contributed by atoms with Crippen molar-refractivity contribution in [2.75, 3.05) is 25.6 Å². The minimum absolute atomic E-state index is 0.0320. The number of hydrogen-bond acceptors (Lipinski definition) is 7. The first kappa shape index (κ1) is 16.5. The van der Waals surface area contributed by atoms with E-state index in [4.69, 9.17) is 5.73 Å². The Labute approximate surface area is 133 Å². The van der Waals surface area contributed by atoms with E-state index in [2.05, 4.69) is 19.7 Å². The third-order valence-electron chi connectivity index (χ3n) is 3.76. The maximum Gasteiger partial charge on any atom is 0.422 e. The van der Waals surface area contributed by atoms with Crippen LogP contribution in [0.3, 0.4) is 0 Å². The Morgan fingerprint density at radius 1 is 1.33 bits per heavy atom. The van der Waals surface area contributed by atoms with Crippen molar-refractivity contribution in [2.45, 2.75) is 12.6 Å². The average Bonchev–Trinajstić information content (AvgIpc) is 3.08. The van der Waals surface area contributed by atoms with E-state index >= 15 is 0 Å². The SMILES string of the molecule is Nc1nc(OCC(F)(F)F)c2ncn(/C=C3/CC3(CO)CO)c2n1. The number of aliphatic hydroxyl groups is 2. The number of ether oxygens (including phenoxy) is 1. The number of imidazole rings is 1. The highest BCUT2D eigenvalue weighted by molar-refractivity contribution is 5.79. The number of alkyl halides is 3. The Morgan fingerprint density at radius 2 is 2.04 bits per heavy atom. The second-order valence-electron chi connectivity index (χ2n) is 5.54. The summed E-state index contributed by atoms with van der Waals surface area (Å²) in [6.45, 7) is -1.94. The average molecular weight is 345 g/mol. The van der Waals surface area contributed by atoms with Gasteiger partial charge in [-0.25, -0.2) is 4.98 Å². The molecule has 1 aliphatic carbocycles. The normalized spacial score (nSPS) is 18.3. The number of anilines is 1. The van der Waals surface area contributed by atoms with Crippen LogP contribution in [0, 0.1) is 5.41 Å². The highest BCUT2D eigenvalue weighted by atomic mass is 19.4. The molecule has 1 saturated carbocycles. The van der Waals surface area contributed by atoms with Crippen molar-refractivity contribution in [3.63, 3.8) is 0 Å². The standard InChI is InChI=1S/C13H14F3N5O3/c14-13(15,16)5-24-10-8-9(19-11(17)20-10)21(6-18-8)2-7-1-12(7,3-22)4-23/h2,6,22-23H,1,3-5H2,(H2,17,19,20)/b7-2-. The van der Waals surface area contributed by atoms with Crippen molar-refractivity contribution in [2.24, 2.45) is 5.41 Å². The number of aromatic nitrogens is 4. The van der Waals surface area contributed by atoms with Crippen LogP contribution in [0.2, 0.25) is 0 Å². The fourth-order valence-electron chi connectivity index (χ4n) is 2.29. The van der Waals surface area contributed by atoms with Crippen molar-refractivity contribution in [1.29, 1.82) is 0 Å². The first-order valence-corrected chi connectivity index (χ1v) is 6.90. The summed E-state index contributed by atoms with van der Waals surface area (Å²) in [6, 6.07) is 0. The molecule has 1 aliphatic rings. The molecule has 3 rings (SSSR count). The highest BCUT2D eigenvalue weighted by Crippen LogP contribution is 2.51. The van der Waals surface area contributed by atoms with Crippen LogP contribution in [0.25, 0.3) is 17.4 Å². The number of rotatable bonds is 5. The van der Waals surface area contributed by atoms with E-state index in [1.165, 1.54) is 10.9 Å². The van der Waals surface area contributed by atoms with Crippen LogP contribution in [-0.4, -0.2) is 55.7 Å². The van der Waals surface area contributed by atoms with Gasteiger partial charge in [0.25, 0.3) is 0 Å². The topological polar surface area (TPSA) is 119 Å². The maximum absolute atomic E-state index is 12.3. The summed E-state index contributed by atoms with van der Waals surface area (Å²) in [4.78, 5) is 11.6. The Hall–Kier alpha value is -2.40. The lowest BCUT2D eigenvalue weighted by Crippen LogP contribution is -2.20. The van der Waals surface area contributed by atoms with Crippen LogP contribution in [-0.2, 0) is 0 Å². The molecule has 24 heavy (non-hydrogen) atoms. The fraction of sp³-hybridized carbons (Fsp3) is 0.462. The second kappa shape index (κ2) is 5.60. The number of aliphatic hydroxyl groups excluding tert-OH is 2. The molecule has 4 N–H and O–H groups in total. The lowest BCUT2D eigenvalue weighted by atomic mass is 10.1. The summed E-state index contributed by atoms with van der Waals surface area (Å²) in [5, 5.41) is 18.6. The largest absolute Gasteiger partial charge is 0.466 e. The molecule has 2 aromatic rings. The van der Waals surface area contributed by atoms with Gasteiger partial charge in [0.2, 0.25) is 11.8 Å². The summed E-state index contributed by atoms with van der Waals surface area (Å²) in [5.41, 5.74) is 5.81. The van der Waals surface area contributed by atoms with Crippen molar-refractivity contribution >= 4 is 23.3 Å². The van der Waals surface area contributed by atoms with Crippen molar-refractivity contribution in [3.8, 4) is 5.88 Å². The maximum atomic E-state index is 12.3. The zero-order chi connectivity index (χ0) is 17.5. The van der Waals surface area contributed by atoms with Gasteiger partial charge < -0.3 is 20.7 Å². The van der Waals surface area contributed by atoms with Crippen molar-refractivity contribution in [3.05, 3.63) is 11.9 Å². The van der Waals surface area contributed by atoms with Gasteiger partial charge in [-0.1, -0.05) is 0 Å². The molecule has 0 aliphatic heterocycles. The van der Waals surface area contributed by atoms with Crippen LogP contribution < -0.4 is 10.5 Å². The van der Waals surface area contributed by atoms with E-state index in [9.17, 15) is 23.4 Å². The van der Waals surface area contributed by atoms with E-state index in [0.717, 1.165) is 5.57 Å². The number of nitrogens with two attached hydrogens (primary N) is 1. The molecule has 0 unspecified atom stereocenters. The third kappa shape index (κ3) is 2.99. The van der Waals surface area contributed by atoms with E-state index in [1.54, 1.807) is 6.20 Å². The zero-order valence-electron chi connectivity index (χ0n) is 12.3. The molecule has 130 valence electrons. The summed E-state index contributed by atoms with van der Waals surface area (Å²) < 4.78 is 43.0. The summed E-state index contributed by atoms with van der Waals surface area (Å²) in [7, 11) is 0. The van der Waals surface area contributed by atoms with Gasteiger partial charge >= 0.3 is 6.18 Å². The Balaban J connectivity index is 1.95. The fourth-order valence-corrected chi connectivity index (χ4v) is 2.29. The number of hydrogen-bond donors (Lipinski definition) is 3. The van der Waals surface area contributed by atoms with Crippen molar-refractivity contribution < 1.29 is 28.1 Å². The van der Waals surface area contributed by atoms with Crippen LogP contribution in [0.1, 0.15) is 6.42 Å². The smallest absolute Gasteiger partial charge is 0.422 e. The van der Waals surface area contributed by atoms with E-state index < -0.39 is 18.2 Å². The number of nitrogen functional groups attached to an aromatic ring is 1. The second-order valence-corrected chi connectivity index (χ2v) is 5.54. The van der Waals surface area contributed by atoms with Gasteiger partial charge in [0.1, 0.15) is 6.33 Å². The minimum Gasteiger partial charge on any atom is -0.466 e. The predicted octanol–water partition coefficient (Wildman–Crippen LogP) is 0.565. The summed E-state index contributed by atoms with van der Waals surface area (Å²) in [5.74, 6) is -0.621. The van der Waals surface area contributed by atoms with Crippen LogP contribution in [0.15, 0.2) is 11.9 Å². The molecule has 0 aromatic carbocycles. The first-order valence-electron chi connectivity index (χ1n) is 6.90. The van der Waals surface area contributed by atoms with Gasteiger partial charge in [-0.3, -0.25) is 4.57 Å². The highest BCUT2D eigenvalue weighted by Gasteiger charge is 2.48. The zero-order valence-corrected chi connectivity index (χ0v) is 12.3. The number of fused-ring (bicyclic) bond motifs is 1. The molecule has 0 spiro atoms. The molecular formula is C13H14F3N5O3. The van der Waals surface area contributed by atoms with Gasteiger partial charge in [-0.15, -0.1) is 0 Å². The summed E-state index contributed by atoms with van der Waals surface area (Å²) in [6.07, 6.45) is -1.10. The predicted molar refractivity (Wildman–Crippen MR) is 76.8 cm³/mol. The van der Waals surface area contributed by atoms with Crippen LogP contribution in [0.5, 0.6) is 5.88 Å². The molecule has 2 aromatic heterocycles. The first-order chi connectivity index (χ1) is 11.3. The van der Waals surface area contributed by atoms with E-state index in [0.29, 0.717) is 6.42 Å². The van der Waals surface area contributed by atoms with Gasteiger partial charge in [0.15, 0.2) is 17.8 Å². The van der Waals surface area contributed by atoms with E-state index in [1.807, 2.05) is 0 Å². The third-order valence-corrected chi connectivity index (χ3v) is 3.76. The molecule has 0 amide bonds. The Kier molecular flexibility index (Phi) is 3.84. The molecular weight excluding hydrogens is 331 g/mol. The molecule has 0 saturated heterocycles. The van der Waals surface area contributed by atoms with Gasteiger partial charge in [0, 0.05) is 11.6 Å². The number of nitrogens with zero attached hydrogens (tertiary/aromatic N) is 4. The van der Waals surface area contributed by atoms with Crippen molar-refractivity contribution in [1.82, 2.24) is 19.5 Å². The molecule has 1 fully saturated rings. The van der Waals surface area contributed by atoms with Crippen LogP contribution in [0.4, 0.5) is 19.1 Å². The molecule has 11 heteroatoms. The summed E-state index contributed by atoms with van der Waals surface area (Å²) >= 11 is 0. The minimum atomic E-state index is -4.52. The Morgan fingerprint density at radius 3 is 2.62 bits per heavy atom. The molecule has 8 nitrogen and oxygen atoms in total. The monoisotopic (exact) mass is 345 g/mol. The molecule has 0 radical (unpaired) electrons. The molecule has 2 heterocycles. The van der Waals surface area contributed by atoms with E-state index in [-0.39, 0.29) is 36.2 Å². The lowest BCUT2D eigenvalue weighted by molar-refractivity contribution is -0.153. The van der Waals surface area contributed by atoms with Crippen LogP contribution >= 0.6 is 0 Å².